The molecular weight excluding hydrogens is 228 g/mol. The van der Waals surface area contributed by atoms with Crippen LogP contribution in [0, 0.1) is 0 Å². The third-order valence-corrected chi connectivity index (χ3v) is 4.40. The summed E-state index contributed by atoms with van der Waals surface area (Å²) < 4.78 is 0. The van der Waals surface area contributed by atoms with Crippen molar-refractivity contribution >= 4 is 6.03 Å². The van der Waals surface area contributed by atoms with Gasteiger partial charge in [0, 0.05) is 45.8 Å². The zero-order valence-corrected chi connectivity index (χ0v) is 11.9. The lowest BCUT2D eigenvalue weighted by Gasteiger charge is -2.34. The Kier molecular flexibility index (Phi) is 4.45. The van der Waals surface area contributed by atoms with Crippen molar-refractivity contribution in [1.29, 1.82) is 0 Å². The average Bonchev–Trinajstić information content (AvgIpc) is 2.65. The molecule has 0 bridgehead atoms. The van der Waals surface area contributed by atoms with Crippen LogP contribution in [0.4, 0.5) is 4.79 Å². The Hall–Kier alpha value is -0.810. The Morgan fingerprint density at radius 3 is 2.72 bits per heavy atom. The van der Waals surface area contributed by atoms with Crippen molar-refractivity contribution in [1.82, 2.24) is 20.0 Å². The van der Waals surface area contributed by atoms with Crippen LogP contribution in [0.5, 0.6) is 0 Å². The number of carbonyl (C=O) groups excluding carboxylic acids is 1. The van der Waals surface area contributed by atoms with Gasteiger partial charge < -0.3 is 20.0 Å². The van der Waals surface area contributed by atoms with E-state index in [1.54, 1.807) is 0 Å². The molecule has 5 heteroatoms. The molecule has 104 valence electrons. The summed E-state index contributed by atoms with van der Waals surface area (Å²) in [6.45, 7) is 7.17. The molecule has 2 heterocycles. The fourth-order valence-corrected chi connectivity index (χ4v) is 2.91. The standard InChI is InChI=1S/C13H26N4O/c1-4-11-10-17(13(18)16(11)3)7-5-12-9-14-6-8-15(12)2/h11-12,14H,4-10H2,1-3H3. The monoisotopic (exact) mass is 254 g/mol. The molecule has 0 aromatic rings. The van der Waals surface area contributed by atoms with Crippen LogP contribution in [-0.2, 0) is 0 Å². The molecular formula is C13H26N4O. The highest BCUT2D eigenvalue weighted by molar-refractivity contribution is 5.76. The zero-order chi connectivity index (χ0) is 13.1. The Balaban J connectivity index is 1.81. The molecule has 0 radical (unpaired) electrons. The minimum absolute atomic E-state index is 0.202. The van der Waals surface area contributed by atoms with Crippen molar-refractivity contribution in [2.75, 3.05) is 46.8 Å². The topological polar surface area (TPSA) is 38.8 Å². The second-order valence-electron chi connectivity index (χ2n) is 5.53. The fraction of sp³-hybridized carbons (Fsp3) is 0.923. The number of nitrogens with one attached hydrogen (secondary N) is 1. The summed E-state index contributed by atoms with van der Waals surface area (Å²) in [7, 11) is 4.10. The van der Waals surface area contributed by atoms with E-state index >= 15 is 0 Å². The molecule has 2 aliphatic rings. The molecule has 2 fully saturated rings. The predicted molar refractivity (Wildman–Crippen MR) is 72.7 cm³/mol. The van der Waals surface area contributed by atoms with Gasteiger partial charge in [-0.2, -0.15) is 0 Å². The summed E-state index contributed by atoms with van der Waals surface area (Å²) >= 11 is 0. The van der Waals surface area contributed by atoms with Crippen molar-refractivity contribution in [2.45, 2.75) is 31.8 Å². The highest BCUT2D eigenvalue weighted by Crippen LogP contribution is 2.17. The average molecular weight is 254 g/mol. The fourth-order valence-electron chi connectivity index (χ4n) is 2.91. The first-order valence-electron chi connectivity index (χ1n) is 7.06. The number of piperazine rings is 1. The van der Waals surface area contributed by atoms with Crippen molar-refractivity contribution in [2.24, 2.45) is 0 Å². The van der Waals surface area contributed by atoms with E-state index in [1.165, 1.54) is 0 Å². The van der Waals surface area contributed by atoms with Gasteiger partial charge in [0.2, 0.25) is 0 Å². The van der Waals surface area contributed by atoms with Gasteiger partial charge in [-0.1, -0.05) is 6.92 Å². The summed E-state index contributed by atoms with van der Waals surface area (Å²) in [5.74, 6) is 0. The number of nitrogens with zero attached hydrogens (tertiary/aromatic N) is 3. The van der Waals surface area contributed by atoms with Crippen LogP contribution in [0.15, 0.2) is 0 Å². The van der Waals surface area contributed by atoms with Gasteiger partial charge in [-0.3, -0.25) is 0 Å². The molecule has 2 unspecified atom stereocenters. The second kappa shape index (κ2) is 5.89. The first kappa shape index (κ1) is 13.6. The Morgan fingerprint density at radius 1 is 1.33 bits per heavy atom. The van der Waals surface area contributed by atoms with E-state index in [9.17, 15) is 4.79 Å². The van der Waals surface area contributed by atoms with E-state index in [4.69, 9.17) is 0 Å². The van der Waals surface area contributed by atoms with Gasteiger partial charge in [0.05, 0.1) is 6.04 Å². The summed E-state index contributed by atoms with van der Waals surface area (Å²) in [5.41, 5.74) is 0. The summed E-state index contributed by atoms with van der Waals surface area (Å²) in [4.78, 5) is 18.4. The predicted octanol–water partition coefficient (Wildman–Crippen LogP) is 0.426. The molecule has 0 aromatic carbocycles. The number of carbonyl (C=O) groups is 1. The first-order valence-corrected chi connectivity index (χ1v) is 7.06. The van der Waals surface area contributed by atoms with Crippen LogP contribution >= 0.6 is 0 Å². The maximum atomic E-state index is 12.1. The van der Waals surface area contributed by atoms with Gasteiger partial charge in [0.1, 0.15) is 0 Å². The van der Waals surface area contributed by atoms with Crippen molar-refractivity contribution in [3.05, 3.63) is 0 Å². The highest BCUT2D eigenvalue weighted by Gasteiger charge is 2.33. The number of rotatable bonds is 4. The van der Waals surface area contributed by atoms with Crippen molar-refractivity contribution < 1.29 is 4.79 Å². The lowest BCUT2D eigenvalue weighted by atomic mass is 10.1. The molecule has 2 rings (SSSR count). The molecule has 2 amide bonds. The largest absolute Gasteiger partial charge is 0.323 e. The SMILES string of the molecule is CCC1CN(CCC2CNCCN2C)C(=O)N1C. The van der Waals surface area contributed by atoms with Gasteiger partial charge in [0.15, 0.2) is 0 Å². The molecule has 0 spiro atoms. The van der Waals surface area contributed by atoms with Crippen molar-refractivity contribution in [3.8, 4) is 0 Å². The molecule has 1 N–H and O–H groups in total. The second-order valence-corrected chi connectivity index (χ2v) is 5.53. The van der Waals surface area contributed by atoms with Crippen LogP contribution in [0.2, 0.25) is 0 Å². The first-order chi connectivity index (χ1) is 8.63. The molecule has 2 atom stereocenters. The molecule has 18 heavy (non-hydrogen) atoms. The maximum Gasteiger partial charge on any atom is 0.320 e. The molecule has 0 saturated carbocycles. The summed E-state index contributed by atoms with van der Waals surface area (Å²) in [6.07, 6.45) is 2.11. The van der Waals surface area contributed by atoms with E-state index in [2.05, 4.69) is 24.2 Å². The van der Waals surface area contributed by atoms with Gasteiger partial charge in [-0.25, -0.2) is 4.79 Å². The van der Waals surface area contributed by atoms with Gasteiger partial charge >= 0.3 is 6.03 Å². The van der Waals surface area contributed by atoms with Crippen molar-refractivity contribution in [3.63, 3.8) is 0 Å². The van der Waals surface area contributed by atoms with Crippen LogP contribution in [0.25, 0.3) is 0 Å². The molecule has 2 saturated heterocycles. The van der Waals surface area contributed by atoms with E-state index in [-0.39, 0.29) is 6.03 Å². The Bertz CT molecular complexity index is 297. The van der Waals surface area contributed by atoms with E-state index in [1.807, 2.05) is 16.8 Å². The lowest BCUT2D eigenvalue weighted by molar-refractivity contribution is 0.167. The third-order valence-electron chi connectivity index (χ3n) is 4.40. The molecule has 5 nitrogen and oxygen atoms in total. The number of likely N-dealkylation sites (N-methyl/N-ethyl adjacent to an activating group) is 2. The summed E-state index contributed by atoms with van der Waals surface area (Å²) in [5, 5.41) is 3.43. The third kappa shape index (κ3) is 2.78. The molecule has 0 aliphatic carbocycles. The van der Waals surface area contributed by atoms with Gasteiger partial charge in [0.25, 0.3) is 0 Å². The molecule has 0 aromatic heterocycles. The minimum atomic E-state index is 0.202. The van der Waals surface area contributed by atoms with Crippen LogP contribution in [-0.4, -0.2) is 79.6 Å². The van der Waals surface area contributed by atoms with Gasteiger partial charge in [-0.15, -0.1) is 0 Å². The smallest absolute Gasteiger partial charge is 0.320 e. The maximum absolute atomic E-state index is 12.1. The van der Waals surface area contributed by atoms with Crippen LogP contribution in [0.1, 0.15) is 19.8 Å². The number of amides is 2. The summed E-state index contributed by atoms with van der Waals surface area (Å²) in [6, 6.07) is 1.17. The number of hydrogen-bond donors (Lipinski definition) is 1. The van der Waals surface area contributed by atoms with Crippen LogP contribution in [0.3, 0.4) is 0 Å². The highest BCUT2D eigenvalue weighted by atomic mass is 16.2. The minimum Gasteiger partial charge on any atom is -0.323 e. The van der Waals surface area contributed by atoms with Gasteiger partial charge in [-0.05, 0) is 19.9 Å². The quantitative estimate of drug-likeness (QED) is 0.790. The van der Waals surface area contributed by atoms with E-state index < -0.39 is 0 Å². The normalized spacial score (nSPS) is 30.3. The lowest BCUT2D eigenvalue weighted by Crippen LogP contribution is -2.50. The number of urea groups is 1. The van der Waals surface area contributed by atoms with Crippen LogP contribution < -0.4 is 5.32 Å². The van der Waals surface area contributed by atoms with E-state index in [0.717, 1.165) is 45.6 Å². The molecule has 2 aliphatic heterocycles. The Morgan fingerprint density at radius 2 is 2.11 bits per heavy atom. The Labute approximate surface area is 110 Å². The zero-order valence-electron chi connectivity index (χ0n) is 11.9. The number of hydrogen-bond acceptors (Lipinski definition) is 3. The van der Waals surface area contributed by atoms with E-state index in [0.29, 0.717) is 12.1 Å².